The number of aromatic nitrogens is 4. The Morgan fingerprint density at radius 3 is 3.00 bits per heavy atom. The van der Waals surface area contributed by atoms with Crippen LogP contribution in [0.15, 0.2) is 59.0 Å². The molecule has 0 radical (unpaired) electrons. The first-order valence-corrected chi connectivity index (χ1v) is 9.06. The Hall–Kier alpha value is -3.11. The van der Waals surface area contributed by atoms with Gasteiger partial charge in [-0.1, -0.05) is 35.5 Å². The second kappa shape index (κ2) is 9.01. The number of rotatable bonds is 7. The summed E-state index contributed by atoms with van der Waals surface area (Å²) in [7, 11) is 0. The molecular weight excluding hydrogens is 388 g/mol. The van der Waals surface area contributed by atoms with E-state index < -0.39 is 0 Å². The van der Waals surface area contributed by atoms with E-state index in [4.69, 9.17) is 17.4 Å². The molecule has 0 atom stereocenters. The number of nitrogens with zero attached hydrogens (tertiary/aromatic N) is 5. The van der Waals surface area contributed by atoms with Gasteiger partial charge in [0.25, 0.3) is 5.95 Å². The first kappa shape index (κ1) is 18.7. The van der Waals surface area contributed by atoms with Crippen molar-refractivity contribution in [3.05, 3.63) is 59.4 Å². The smallest absolute Gasteiger partial charge is 0.264 e. The molecular formula is C16H15ClN8OS. The number of hydrazone groups is 1. The molecule has 0 aliphatic heterocycles. The second-order valence-corrected chi connectivity index (χ2v) is 6.56. The summed E-state index contributed by atoms with van der Waals surface area (Å²) < 4.78 is 1.22. The molecule has 1 aromatic carbocycles. The lowest BCUT2D eigenvalue weighted by molar-refractivity contribution is -0.113. The van der Waals surface area contributed by atoms with Crippen molar-refractivity contribution in [1.29, 1.82) is 0 Å². The maximum atomic E-state index is 12.0. The van der Waals surface area contributed by atoms with Crippen molar-refractivity contribution in [3.63, 3.8) is 0 Å². The monoisotopic (exact) mass is 402 g/mol. The Balaban J connectivity index is 1.52. The van der Waals surface area contributed by atoms with Crippen molar-refractivity contribution in [2.45, 2.75) is 5.16 Å². The number of hydrogen-bond acceptors (Lipinski definition) is 8. The van der Waals surface area contributed by atoms with Gasteiger partial charge in [0.1, 0.15) is 0 Å². The number of hydrogen-bond donors (Lipinski definition) is 3. The molecule has 0 spiro atoms. The number of carbonyl (C=O) groups is 1. The summed E-state index contributed by atoms with van der Waals surface area (Å²) >= 11 is 7.04. The molecule has 0 fully saturated rings. The number of nitrogens with one attached hydrogen (secondary N) is 2. The van der Waals surface area contributed by atoms with Gasteiger partial charge >= 0.3 is 0 Å². The highest BCUT2D eigenvalue weighted by molar-refractivity contribution is 7.99. The Bertz CT molecular complexity index is 947. The van der Waals surface area contributed by atoms with Gasteiger partial charge in [-0.3, -0.25) is 9.78 Å². The van der Waals surface area contributed by atoms with E-state index in [9.17, 15) is 4.79 Å². The average Bonchev–Trinajstić information content (AvgIpc) is 3.01. The van der Waals surface area contributed by atoms with Crippen molar-refractivity contribution in [2.24, 2.45) is 5.10 Å². The van der Waals surface area contributed by atoms with Crippen LogP contribution in [0.25, 0.3) is 0 Å². The zero-order chi connectivity index (χ0) is 19.1. The van der Waals surface area contributed by atoms with Crippen LogP contribution in [0.5, 0.6) is 0 Å². The van der Waals surface area contributed by atoms with Gasteiger partial charge in [0.05, 0.1) is 12.0 Å². The minimum atomic E-state index is -0.214. The summed E-state index contributed by atoms with van der Waals surface area (Å²) in [6.45, 7) is 0. The van der Waals surface area contributed by atoms with Crippen molar-refractivity contribution < 1.29 is 4.79 Å². The highest BCUT2D eigenvalue weighted by Gasteiger charge is 2.12. The quantitative estimate of drug-likeness (QED) is 0.239. The van der Waals surface area contributed by atoms with Gasteiger partial charge in [-0.25, -0.2) is 10.1 Å². The third-order valence-electron chi connectivity index (χ3n) is 3.17. The van der Waals surface area contributed by atoms with Crippen LogP contribution in [0.2, 0.25) is 5.02 Å². The number of benzene rings is 1. The topological polar surface area (TPSA) is 123 Å². The molecule has 0 saturated carbocycles. The average molecular weight is 403 g/mol. The molecule has 2 heterocycles. The number of nitrogens with two attached hydrogens (primary N) is 1. The molecule has 0 aliphatic rings. The number of amides is 1. The maximum absolute atomic E-state index is 12.0. The van der Waals surface area contributed by atoms with Crippen molar-refractivity contribution in [3.8, 4) is 0 Å². The molecule has 4 N–H and O–H groups in total. The van der Waals surface area contributed by atoms with Crippen molar-refractivity contribution in [2.75, 3.05) is 22.3 Å². The summed E-state index contributed by atoms with van der Waals surface area (Å²) in [6, 6.07) is 10.6. The van der Waals surface area contributed by atoms with Gasteiger partial charge in [0, 0.05) is 28.7 Å². The van der Waals surface area contributed by atoms with Crippen LogP contribution in [-0.4, -0.2) is 37.7 Å². The minimum Gasteiger partial charge on any atom is -0.334 e. The third kappa shape index (κ3) is 5.43. The normalized spacial score (nSPS) is 10.9. The SMILES string of the molecule is Nn1c(N/N=C/c2cccnc2)nnc1SCC(=O)Nc1cccc(Cl)c1. The van der Waals surface area contributed by atoms with Crippen LogP contribution in [-0.2, 0) is 4.79 Å². The highest BCUT2D eigenvalue weighted by Crippen LogP contribution is 2.18. The van der Waals surface area contributed by atoms with Gasteiger partial charge in [-0.2, -0.15) is 5.10 Å². The summed E-state index contributed by atoms with van der Waals surface area (Å²) in [5.74, 6) is 6.06. The van der Waals surface area contributed by atoms with Gasteiger partial charge in [-0.15, -0.1) is 10.2 Å². The predicted molar refractivity (Wildman–Crippen MR) is 106 cm³/mol. The third-order valence-corrected chi connectivity index (χ3v) is 4.35. The van der Waals surface area contributed by atoms with E-state index in [-0.39, 0.29) is 17.6 Å². The van der Waals surface area contributed by atoms with Gasteiger partial charge < -0.3 is 11.2 Å². The minimum absolute atomic E-state index is 0.112. The van der Waals surface area contributed by atoms with E-state index in [0.29, 0.717) is 15.9 Å². The zero-order valence-electron chi connectivity index (χ0n) is 13.9. The Labute approximate surface area is 164 Å². The molecule has 0 unspecified atom stereocenters. The largest absolute Gasteiger partial charge is 0.334 e. The lowest BCUT2D eigenvalue weighted by Crippen LogP contribution is -2.16. The lowest BCUT2D eigenvalue weighted by Gasteiger charge is -2.05. The van der Waals surface area contributed by atoms with E-state index in [2.05, 4.69) is 31.0 Å². The first-order chi connectivity index (χ1) is 13.1. The summed E-state index contributed by atoms with van der Waals surface area (Å²) in [5.41, 5.74) is 4.13. The Morgan fingerprint density at radius 2 is 2.22 bits per heavy atom. The molecule has 3 rings (SSSR count). The van der Waals surface area contributed by atoms with Gasteiger partial charge in [0.2, 0.25) is 11.1 Å². The van der Waals surface area contributed by atoms with E-state index in [1.165, 1.54) is 4.68 Å². The Kier molecular flexibility index (Phi) is 6.23. The van der Waals surface area contributed by atoms with Crippen LogP contribution >= 0.6 is 23.4 Å². The molecule has 0 aliphatic carbocycles. The van der Waals surface area contributed by atoms with E-state index >= 15 is 0 Å². The van der Waals surface area contributed by atoms with Gasteiger partial charge in [0.15, 0.2) is 0 Å². The number of pyridine rings is 1. The van der Waals surface area contributed by atoms with Crippen LogP contribution < -0.4 is 16.6 Å². The summed E-state index contributed by atoms with van der Waals surface area (Å²) in [6.07, 6.45) is 4.92. The van der Waals surface area contributed by atoms with Gasteiger partial charge in [-0.05, 0) is 24.3 Å². The van der Waals surface area contributed by atoms with Crippen LogP contribution in [0, 0.1) is 0 Å². The van der Waals surface area contributed by atoms with Crippen molar-refractivity contribution >= 4 is 47.1 Å². The van der Waals surface area contributed by atoms with E-state index in [1.54, 1.807) is 48.9 Å². The Morgan fingerprint density at radius 1 is 1.33 bits per heavy atom. The number of carbonyl (C=O) groups excluding carboxylic acids is 1. The van der Waals surface area contributed by atoms with E-state index in [0.717, 1.165) is 17.3 Å². The summed E-state index contributed by atoms with van der Waals surface area (Å²) in [4.78, 5) is 16.0. The molecule has 11 heteroatoms. The molecule has 1 amide bonds. The molecule has 138 valence electrons. The number of nitrogen functional groups attached to an aromatic ring is 1. The standard InChI is InChI=1S/C16H15ClN8OS/c17-12-4-1-5-13(7-12)21-14(26)10-27-16-24-23-15(25(16)18)22-20-9-11-3-2-6-19-8-11/h1-9H,10,18H2,(H,21,26)(H,22,23)/b20-9+. The molecule has 2 aromatic heterocycles. The zero-order valence-corrected chi connectivity index (χ0v) is 15.5. The molecule has 3 aromatic rings. The highest BCUT2D eigenvalue weighted by atomic mass is 35.5. The fraction of sp³-hybridized carbons (Fsp3) is 0.0625. The number of halogens is 1. The molecule has 0 saturated heterocycles. The van der Waals surface area contributed by atoms with Crippen LogP contribution in [0.3, 0.4) is 0 Å². The molecule has 9 nitrogen and oxygen atoms in total. The van der Waals surface area contributed by atoms with Crippen molar-refractivity contribution in [1.82, 2.24) is 19.9 Å². The fourth-order valence-corrected chi connectivity index (χ4v) is 2.81. The molecule has 27 heavy (non-hydrogen) atoms. The number of thioether (sulfide) groups is 1. The van der Waals surface area contributed by atoms with Crippen LogP contribution in [0.4, 0.5) is 11.6 Å². The lowest BCUT2D eigenvalue weighted by atomic mass is 10.3. The fourth-order valence-electron chi connectivity index (χ4n) is 1.96. The number of anilines is 2. The summed E-state index contributed by atoms with van der Waals surface area (Å²) in [5, 5.41) is 15.5. The second-order valence-electron chi connectivity index (χ2n) is 5.18. The first-order valence-electron chi connectivity index (χ1n) is 7.69. The molecule has 0 bridgehead atoms. The predicted octanol–water partition coefficient (Wildman–Crippen LogP) is 2.22. The van der Waals surface area contributed by atoms with Crippen LogP contribution in [0.1, 0.15) is 5.56 Å². The maximum Gasteiger partial charge on any atom is 0.264 e. The van der Waals surface area contributed by atoms with E-state index in [1.807, 2.05) is 6.07 Å².